The molecule has 0 fully saturated rings. The lowest BCUT2D eigenvalue weighted by Crippen LogP contribution is -2.09. The van der Waals surface area contributed by atoms with Crippen molar-refractivity contribution in [3.8, 4) is 22.3 Å². The van der Waals surface area contributed by atoms with Gasteiger partial charge in [0.25, 0.3) is 0 Å². The lowest BCUT2D eigenvalue weighted by Gasteiger charge is -2.27. The van der Waals surface area contributed by atoms with Gasteiger partial charge in [0.15, 0.2) is 0 Å². The molecule has 262 valence electrons. The highest BCUT2D eigenvalue weighted by molar-refractivity contribution is 6.31. The van der Waals surface area contributed by atoms with Gasteiger partial charge in [-0.1, -0.05) is 158 Å². The monoisotopic (exact) mass is 703 g/mol. The molecule has 8 aromatic carbocycles. The van der Waals surface area contributed by atoms with Crippen molar-refractivity contribution in [3.63, 3.8) is 0 Å². The molecule has 1 heteroatoms. The Kier molecular flexibility index (Phi) is 8.54. The van der Waals surface area contributed by atoms with E-state index in [1.165, 1.54) is 76.8 Å². The summed E-state index contributed by atoms with van der Waals surface area (Å²) < 4.78 is 0. The van der Waals surface area contributed by atoms with E-state index < -0.39 is 0 Å². The summed E-state index contributed by atoms with van der Waals surface area (Å²) in [4.78, 5) is 2.38. The normalized spacial score (nSPS) is 14.0. The number of anilines is 3. The molecule has 0 radical (unpaired) electrons. The van der Waals surface area contributed by atoms with Gasteiger partial charge in [0.1, 0.15) is 0 Å². The van der Waals surface area contributed by atoms with Crippen LogP contribution in [0.25, 0.3) is 65.7 Å². The Bertz CT molecular complexity index is 2780. The number of benzene rings is 8. The summed E-state index contributed by atoms with van der Waals surface area (Å²) in [5.74, 6) is 0. The Morgan fingerprint density at radius 3 is 1.55 bits per heavy atom. The fourth-order valence-corrected chi connectivity index (χ4v) is 8.81. The van der Waals surface area contributed by atoms with Gasteiger partial charge < -0.3 is 4.90 Å². The van der Waals surface area contributed by atoms with Crippen LogP contribution in [-0.4, -0.2) is 0 Å². The molecule has 0 bridgehead atoms. The number of hydrogen-bond donors (Lipinski definition) is 0. The highest BCUT2D eigenvalue weighted by Gasteiger charge is 2.24. The number of rotatable bonds is 7. The zero-order valence-electron chi connectivity index (χ0n) is 30.8. The molecular weight excluding hydrogens is 663 g/mol. The number of allylic oxidation sites excluding steroid dienone is 8. The summed E-state index contributed by atoms with van der Waals surface area (Å²) in [6, 6.07) is 60.2. The average molecular weight is 704 g/mol. The molecule has 0 heterocycles. The Morgan fingerprint density at radius 2 is 0.909 bits per heavy atom. The van der Waals surface area contributed by atoms with Crippen molar-refractivity contribution in [2.75, 3.05) is 4.90 Å². The molecule has 1 nitrogen and oxygen atoms in total. The van der Waals surface area contributed by atoms with E-state index in [-0.39, 0.29) is 0 Å². The van der Waals surface area contributed by atoms with Gasteiger partial charge in [-0.05, 0) is 145 Å². The van der Waals surface area contributed by atoms with E-state index in [2.05, 4.69) is 205 Å². The second-order valence-corrected chi connectivity index (χ2v) is 14.6. The Balaban J connectivity index is 1.32. The van der Waals surface area contributed by atoms with E-state index in [1.54, 1.807) is 0 Å². The van der Waals surface area contributed by atoms with Gasteiger partial charge in [0.2, 0.25) is 0 Å². The van der Waals surface area contributed by atoms with E-state index in [9.17, 15) is 0 Å². The van der Waals surface area contributed by atoms with Gasteiger partial charge in [0, 0.05) is 17.1 Å². The molecule has 0 aromatic heterocycles. The van der Waals surface area contributed by atoms with Gasteiger partial charge in [-0.2, -0.15) is 0 Å². The van der Waals surface area contributed by atoms with Crippen molar-refractivity contribution < 1.29 is 0 Å². The maximum absolute atomic E-state index is 2.53. The minimum Gasteiger partial charge on any atom is -0.310 e. The molecule has 55 heavy (non-hydrogen) atoms. The second kappa shape index (κ2) is 14.3. The van der Waals surface area contributed by atoms with Crippen molar-refractivity contribution >= 4 is 60.5 Å². The molecule has 0 spiro atoms. The van der Waals surface area contributed by atoms with E-state index in [0.29, 0.717) is 0 Å². The van der Waals surface area contributed by atoms with Crippen LogP contribution in [0.2, 0.25) is 0 Å². The summed E-state index contributed by atoms with van der Waals surface area (Å²) in [6.45, 7) is 0. The molecule has 0 saturated heterocycles. The molecule has 0 aliphatic heterocycles. The Labute approximate surface area is 323 Å². The van der Waals surface area contributed by atoms with Crippen molar-refractivity contribution in [3.05, 3.63) is 211 Å². The largest absolute Gasteiger partial charge is 0.310 e. The number of nitrogens with zero attached hydrogens (tertiary/aromatic N) is 1. The lowest BCUT2D eigenvalue weighted by molar-refractivity contribution is 1.05. The average Bonchev–Trinajstić information content (AvgIpc) is 3.27. The van der Waals surface area contributed by atoms with Crippen molar-refractivity contribution in [1.82, 2.24) is 0 Å². The summed E-state index contributed by atoms with van der Waals surface area (Å²) in [5, 5.41) is 7.85. The van der Waals surface area contributed by atoms with Crippen LogP contribution in [0.5, 0.6) is 0 Å². The molecule has 0 atom stereocenters. The highest BCUT2D eigenvalue weighted by atomic mass is 15.1. The maximum Gasteiger partial charge on any atom is 0.0468 e. The van der Waals surface area contributed by atoms with Crippen molar-refractivity contribution in [1.29, 1.82) is 0 Å². The van der Waals surface area contributed by atoms with Crippen LogP contribution in [0.4, 0.5) is 17.1 Å². The van der Waals surface area contributed by atoms with Crippen molar-refractivity contribution in [2.24, 2.45) is 0 Å². The molecule has 0 saturated carbocycles. The predicted octanol–water partition coefficient (Wildman–Crippen LogP) is 15.4. The zero-order valence-corrected chi connectivity index (χ0v) is 30.8. The maximum atomic E-state index is 2.53. The van der Waals surface area contributed by atoms with Gasteiger partial charge in [-0.25, -0.2) is 0 Å². The first-order valence-corrected chi connectivity index (χ1v) is 19.6. The summed E-state index contributed by atoms with van der Waals surface area (Å²) in [5.41, 5.74) is 13.9. The minimum absolute atomic E-state index is 1.01. The third-order valence-electron chi connectivity index (χ3n) is 11.4. The molecule has 2 aliphatic carbocycles. The van der Waals surface area contributed by atoms with Crippen LogP contribution in [0.1, 0.15) is 36.8 Å². The third-order valence-corrected chi connectivity index (χ3v) is 11.4. The lowest BCUT2D eigenvalue weighted by atomic mass is 9.79. The zero-order chi connectivity index (χ0) is 36.6. The Morgan fingerprint density at radius 1 is 0.364 bits per heavy atom. The van der Waals surface area contributed by atoms with Crippen LogP contribution >= 0.6 is 0 Å². The second-order valence-electron chi connectivity index (χ2n) is 14.6. The molecule has 10 rings (SSSR count). The first kappa shape index (κ1) is 32.9. The summed E-state index contributed by atoms with van der Waals surface area (Å²) in [7, 11) is 0. The van der Waals surface area contributed by atoms with E-state index in [1.807, 2.05) is 0 Å². The highest BCUT2D eigenvalue weighted by Crippen LogP contribution is 2.49. The first-order chi connectivity index (χ1) is 27.3. The smallest absolute Gasteiger partial charge is 0.0468 e. The standard InChI is InChI=1S/C54H41N/c1-6-18-38(19-7-1)39-30-32-41(33-31-39)49-37-50(40-20-8-2-9-21-40)53-47-29-17-16-28-46(47)51-36-45(34-35-48(51)54(53)52(49)42-22-10-3-11-23-42)55(43-24-12-4-13-25-43)44-26-14-5-15-27-44/h1-8,10,12-20,22,24-37H,9,11,21,23H2. The van der Waals surface area contributed by atoms with Crippen LogP contribution < -0.4 is 4.90 Å². The van der Waals surface area contributed by atoms with E-state index in [4.69, 9.17) is 0 Å². The number of hydrogen-bond acceptors (Lipinski definition) is 1. The van der Waals surface area contributed by atoms with Crippen LogP contribution in [0, 0.1) is 0 Å². The molecule has 0 amide bonds. The summed E-state index contributed by atoms with van der Waals surface area (Å²) in [6.07, 6.45) is 17.9. The van der Waals surface area contributed by atoms with E-state index >= 15 is 0 Å². The summed E-state index contributed by atoms with van der Waals surface area (Å²) >= 11 is 0. The molecule has 0 N–H and O–H groups in total. The topological polar surface area (TPSA) is 3.24 Å². The van der Waals surface area contributed by atoms with Gasteiger partial charge in [-0.3, -0.25) is 0 Å². The van der Waals surface area contributed by atoms with Crippen LogP contribution in [0.15, 0.2) is 200 Å². The quantitative estimate of drug-likeness (QED) is 0.149. The molecule has 2 aliphatic rings. The molecular formula is C54H41N. The van der Waals surface area contributed by atoms with Crippen LogP contribution in [0.3, 0.4) is 0 Å². The molecule has 0 unspecified atom stereocenters. The predicted molar refractivity (Wildman–Crippen MR) is 237 cm³/mol. The number of para-hydroxylation sites is 2. The molecule has 8 aromatic rings. The van der Waals surface area contributed by atoms with Crippen molar-refractivity contribution in [2.45, 2.75) is 25.7 Å². The van der Waals surface area contributed by atoms with Crippen LogP contribution in [-0.2, 0) is 0 Å². The fourth-order valence-electron chi connectivity index (χ4n) is 8.81. The van der Waals surface area contributed by atoms with E-state index in [0.717, 1.165) is 42.7 Å². The van der Waals surface area contributed by atoms with Gasteiger partial charge in [-0.15, -0.1) is 0 Å². The first-order valence-electron chi connectivity index (χ1n) is 19.6. The third kappa shape index (κ3) is 5.99. The number of fused-ring (bicyclic) bond motifs is 6. The fraction of sp³-hybridized carbons (Fsp3) is 0.0741. The Hall–Kier alpha value is -6.70. The minimum atomic E-state index is 1.01. The SMILES string of the molecule is C1=CCCC(c2cc(-c3ccc(-c4ccccc4)cc3)c(C3=CC=CCC3)c3c4ccc(N(c5ccccc5)c5ccccc5)cc4c4ccccc4c23)=C1. The van der Waals surface area contributed by atoms with Gasteiger partial charge in [0.05, 0.1) is 0 Å². The van der Waals surface area contributed by atoms with Gasteiger partial charge >= 0.3 is 0 Å².